The van der Waals surface area contributed by atoms with E-state index in [1.54, 1.807) is 0 Å². The zero-order valence-corrected chi connectivity index (χ0v) is 21.1. The van der Waals surface area contributed by atoms with Crippen molar-refractivity contribution in [3.63, 3.8) is 0 Å². The van der Waals surface area contributed by atoms with Crippen LogP contribution in [0.3, 0.4) is 0 Å². The SMILES string of the molecule is CNc1cc(NC(=O)c2ccc(OCC3CCCCC3)cc2)ccc1OCN(C)CCN(C)C. The number of hydrogen-bond donors (Lipinski definition) is 2. The van der Waals surface area contributed by atoms with Crippen molar-refractivity contribution in [1.82, 2.24) is 9.80 Å². The van der Waals surface area contributed by atoms with Crippen molar-refractivity contribution in [3.05, 3.63) is 48.0 Å². The Morgan fingerprint density at radius 3 is 2.38 bits per heavy atom. The minimum Gasteiger partial charge on any atom is -0.493 e. The quantitative estimate of drug-likeness (QED) is 0.438. The van der Waals surface area contributed by atoms with Crippen LogP contribution in [0.1, 0.15) is 42.5 Å². The van der Waals surface area contributed by atoms with Crippen molar-refractivity contribution in [2.75, 3.05) is 65.3 Å². The number of anilines is 2. The fraction of sp³-hybridized carbons (Fsp3) is 0.519. The van der Waals surface area contributed by atoms with Crippen molar-refractivity contribution in [2.24, 2.45) is 5.92 Å². The van der Waals surface area contributed by atoms with Crippen LogP contribution in [0.25, 0.3) is 0 Å². The molecular formula is C27H40N4O3. The lowest BCUT2D eigenvalue weighted by molar-refractivity contribution is 0.102. The third kappa shape index (κ3) is 8.22. The fourth-order valence-electron chi connectivity index (χ4n) is 4.02. The lowest BCUT2D eigenvalue weighted by Crippen LogP contribution is -2.31. The van der Waals surface area contributed by atoms with Gasteiger partial charge in [-0.05, 0) is 82.4 Å². The number of ether oxygens (including phenoxy) is 2. The van der Waals surface area contributed by atoms with E-state index >= 15 is 0 Å². The van der Waals surface area contributed by atoms with Crippen molar-refractivity contribution in [1.29, 1.82) is 0 Å². The topological polar surface area (TPSA) is 66.1 Å². The highest BCUT2D eigenvalue weighted by Gasteiger charge is 2.14. The fourth-order valence-corrected chi connectivity index (χ4v) is 4.02. The van der Waals surface area contributed by atoms with Crippen LogP contribution in [-0.4, -0.2) is 70.3 Å². The molecule has 0 atom stereocenters. The highest BCUT2D eigenvalue weighted by Crippen LogP contribution is 2.28. The van der Waals surface area contributed by atoms with Crippen LogP contribution in [0.15, 0.2) is 42.5 Å². The van der Waals surface area contributed by atoms with E-state index in [1.807, 2.05) is 56.6 Å². The Morgan fingerprint density at radius 1 is 0.971 bits per heavy atom. The molecule has 2 N–H and O–H groups in total. The molecule has 2 aromatic rings. The van der Waals surface area contributed by atoms with Gasteiger partial charge in [-0.2, -0.15) is 0 Å². The molecule has 1 aliphatic carbocycles. The van der Waals surface area contributed by atoms with Gasteiger partial charge in [0.25, 0.3) is 5.91 Å². The van der Waals surface area contributed by atoms with E-state index in [0.717, 1.165) is 36.9 Å². The number of nitrogens with zero attached hydrogens (tertiary/aromatic N) is 2. The average molecular weight is 469 g/mol. The summed E-state index contributed by atoms with van der Waals surface area (Å²) >= 11 is 0. The summed E-state index contributed by atoms with van der Waals surface area (Å²) in [6.07, 6.45) is 6.48. The predicted octanol–water partition coefficient (Wildman–Crippen LogP) is 4.77. The molecule has 1 amide bonds. The Kier molecular flexibility index (Phi) is 10.0. The normalized spacial score (nSPS) is 14.3. The average Bonchev–Trinajstić information content (AvgIpc) is 2.86. The first-order valence-electron chi connectivity index (χ1n) is 12.3. The first-order valence-corrected chi connectivity index (χ1v) is 12.3. The number of likely N-dealkylation sites (N-methyl/N-ethyl adjacent to an activating group) is 2. The number of hydrogen-bond acceptors (Lipinski definition) is 6. The van der Waals surface area contributed by atoms with Crippen molar-refractivity contribution in [3.8, 4) is 11.5 Å². The molecule has 7 heteroatoms. The molecule has 1 aliphatic rings. The van der Waals surface area contributed by atoms with Crippen LogP contribution < -0.4 is 20.1 Å². The van der Waals surface area contributed by atoms with E-state index in [4.69, 9.17) is 9.47 Å². The molecule has 1 saturated carbocycles. The van der Waals surface area contributed by atoms with Gasteiger partial charge in [-0.15, -0.1) is 0 Å². The summed E-state index contributed by atoms with van der Waals surface area (Å²) < 4.78 is 11.9. The summed E-state index contributed by atoms with van der Waals surface area (Å²) in [5.74, 6) is 2.06. The zero-order chi connectivity index (χ0) is 24.3. The molecule has 0 aromatic heterocycles. The first-order chi connectivity index (χ1) is 16.4. The number of carbonyl (C=O) groups excluding carboxylic acids is 1. The van der Waals surface area contributed by atoms with Gasteiger partial charge in [-0.25, -0.2) is 0 Å². The maximum atomic E-state index is 12.7. The molecular weight excluding hydrogens is 428 g/mol. The summed E-state index contributed by atoms with van der Waals surface area (Å²) in [7, 11) is 7.99. The van der Waals surface area contributed by atoms with E-state index < -0.39 is 0 Å². The van der Waals surface area contributed by atoms with E-state index in [-0.39, 0.29) is 5.91 Å². The molecule has 0 saturated heterocycles. The molecule has 0 aliphatic heterocycles. The standard InChI is InChI=1S/C27H40N4O3/c1-28-25-18-23(12-15-26(25)34-20-31(4)17-16-30(2)3)29-27(32)22-10-13-24(14-11-22)33-19-21-8-6-5-7-9-21/h10-15,18,21,28H,5-9,16-17,19-20H2,1-4H3,(H,29,32). The van der Waals surface area contributed by atoms with Gasteiger partial charge in [-0.3, -0.25) is 9.69 Å². The van der Waals surface area contributed by atoms with Crippen molar-refractivity contribution in [2.45, 2.75) is 32.1 Å². The zero-order valence-electron chi connectivity index (χ0n) is 21.1. The van der Waals surface area contributed by atoms with Crippen molar-refractivity contribution >= 4 is 17.3 Å². The van der Waals surface area contributed by atoms with Gasteiger partial charge in [0.2, 0.25) is 0 Å². The molecule has 0 unspecified atom stereocenters. The first kappa shape index (κ1) is 25.8. The molecule has 0 spiro atoms. The third-order valence-electron chi connectivity index (χ3n) is 6.20. The van der Waals surface area contributed by atoms with Gasteiger partial charge in [-0.1, -0.05) is 19.3 Å². The van der Waals surface area contributed by atoms with Gasteiger partial charge in [0.15, 0.2) is 0 Å². The summed E-state index contributed by atoms with van der Waals surface area (Å²) in [5.41, 5.74) is 2.13. The molecule has 1 fully saturated rings. The second-order valence-electron chi connectivity index (χ2n) is 9.41. The summed E-state index contributed by atoms with van der Waals surface area (Å²) in [6.45, 7) is 3.14. The van der Waals surface area contributed by atoms with Gasteiger partial charge in [0.05, 0.1) is 12.3 Å². The largest absolute Gasteiger partial charge is 0.493 e. The Balaban J connectivity index is 1.51. The number of benzene rings is 2. The van der Waals surface area contributed by atoms with Crippen LogP contribution >= 0.6 is 0 Å². The lowest BCUT2D eigenvalue weighted by atomic mass is 9.90. The highest BCUT2D eigenvalue weighted by molar-refractivity contribution is 6.04. The number of carbonyl (C=O) groups is 1. The lowest BCUT2D eigenvalue weighted by Gasteiger charge is -2.21. The van der Waals surface area contributed by atoms with Crippen LogP contribution in [0.2, 0.25) is 0 Å². The minimum atomic E-state index is -0.155. The summed E-state index contributed by atoms with van der Waals surface area (Å²) in [4.78, 5) is 17.0. The molecule has 7 nitrogen and oxygen atoms in total. The van der Waals surface area contributed by atoms with E-state index in [9.17, 15) is 4.79 Å². The predicted molar refractivity (Wildman–Crippen MR) is 139 cm³/mol. The van der Waals surface area contributed by atoms with E-state index in [0.29, 0.717) is 23.9 Å². The van der Waals surface area contributed by atoms with Crippen LogP contribution in [-0.2, 0) is 0 Å². The van der Waals surface area contributed by atoms with Gasteiger partial charge >= 0.3 is 0 Å². The Labute approximate surface area is 204 Å². The Bertz CT molecular complexity index is 895. The third-order valence-corrected chi connectivity index (χ3v) is 6.20. The van der Waals surface area contributed by atoms with Crippen LogP contribution in [0.5, 0.6) is 11.5 Å². The molecule has 3 rings (SSSR count). The molecule has 2 aromatic carbocycles. The highest BCUT2D eigenvalue weighted by atomic mass is 16.5. The van der Waals surface area contributed by atoms with Crippen LogP contribution in [0, 0.1) is 5.92 Å². The number of nitrogens with one attached hydrogen (secondary N) is 2. The smallest absolute Gasteiger partial charge is 0.255 e. The van der Waals surface area contributed by atoms with Crippen LogP contribution in [0.4, 0.5) is 11.4 Å². The Morgan fingerprint density at radius 2 is 1.71 bits per heavy atom. The van der Waals surface area contributed by atoms with Gasteiger partial charge in [0.1, 0.15) is 18.2 Å². The number of rotatable bonds is 12. The second-order valence-corrected chi connectivity index (χ2v) is 9.41. The molecule has 186 valence electrons. The minimum absolute atomic E-state index is 0.155. The maximum Gasteiger partial charge on any atom is 0.255 e. The molecule has 0 radical (unpaired) electrons. The van der Waals surface area contributed by atoms with Gasteiger partial charge < -0.3 is 25.0 Å². The molecule has 0 bridgehead atoms. The Hall–Kier alpha value is -2.77. The van der Waals surface area contributed by atoms with Crippen molar-refractivity contribution < 1.29 is 14.3 Å². The molecule has 34 heavy (non-hydrogen) atoms. The second kappa shape index (κ2) is 13.2. The van der Waals surface area contributed by atoms with Gasteiger partial charge in [0, 0.05) is 31.4 Å². The summed E-state index contributed by atoms with van der Waals surface area (Å²) in [5, 5.41) is 6.12. The molecule has 0 heterocycles. The van der Waals surface area contributed by atoms with E-state index in [1.165, 1.54) is 32.1 Å². The van der Waals surface area contributed by atoms with E-state index in [2.05, 4.69) is 34.5 Å². The number of amides is 1. The summed E-state index contributed by atoms with van der Waals surface area (Å²) in [6, 6.07) is 13.0. The monoisotopic (exact) mass is 468 g/mol. The maximum absolute atomic E-state index is 12.7.